The summed E-state index contributed by atoms with van der Waals surface area (Å²) < 4.78 is 5.62. The Morgan fingerprint density at radius 1 is 1.23 bits per heavy atom. The summed E-state index contributed by atoms with van der Waals surface area (Å²) in [6, 6.07) is 7.89. The van der Waals surface area contributed by atoms with Crippen molar-refractivity contribution in [2.24, 2.45) is 0 Å². The van der Waals surface area contributed by atoms with Crippen LogP contribution in [0.15, 0.2) is 24.3 Å². The molecule has 0 aromatic heterocycles. The van der Waals surface area contributed by atoms with E-state index >= 15 is 0 Å². The molecule has 0 atom stereocenters. The molecule has 0 aliphatic carbocycles. The first-order valence-electron chi connectivity index (χ1n) is 4.44. The molecule has 0 saturated carbocycles. The molecular formula is C11H16NO-. The highest BCUT2D eigenvalue weighted by Gasteiger charge is 2.12. The molecule has 0 unspecified atom stereocenters. The van der Waals surface area contributed by atoms with Crippen molar-refractivity contribution < 1.29 is 4.74 Å². The number of hydrogen-bond donors (Lipinski definition) is 0. The lowest BCUT2D eigenvalue weighted by molar-refractivity contribution is 0.128. The molecule has 2 nitrogen and oxygen atoms in total. The second kappa shape index (κ2) is 3.79. The largest absolute Gasteiger partial charge is 0.674 e. The van der Waals surface area contributed by atoms with Crippen LogP contribution in [0.3, 0.4) is 0 Å². The van der Waals surface area contributed by atoms with Crippen LogP contribution in [0.5, 0.6) is 5.75 Å². The average molecular weight is 178 g/mol. The van der Waals surface area contributed by atoms with Gasteiger partial charge in [0.05, 0.1) is 5.60 Å². The summed E-state index contributed by atoms with van der Waals surface area (Å²) in [4.78, 5) is 0. The van der Waals surface area contributed by atoms with E-state index in [2.05, 4.69) is 0 Å². The SMILES string of the molecule is Cc1ccc(OC(C)(C)C[NH-])cc1. The van der Waals surface area contributed by atoms with Crippen LogP contribution >= 0.6 is 0 Å². The van der Waals surface area contributed by atoms with Gasteiger partial charge >= 0.3 is 0 Å². The highest BCUT2D eigenvalue weighted by Crippen LogP contribution is 2.18. The van der Waals surface area contributed by atoms with Crippen molar-refractivity contribution in [3.05, 3.63) is 35.6 Å². The zero-order chi connectivity index (χ0) is 9.90. The van der Waals surface area contributed by atoms with Crippen molar-refractivity contribution in [3.8, 4) is 5.75 Å². The van der Waals surface area contributed by atoms with E-state index < -0.39 is 5.60 Å². The van der Waals surface area contributed by atoms with Gasteiger partial charge in [0, 0.05) is 0 Å². The van der Waals surface area contributed by atoms with Gasteiger partial charge in [0.1, 0.15) is 5.75 Å². The zero-order valence-corrected chi connectivity index (χ0v) is 8.42. The molecule has 0 spiro atoms. The Kier molecular flexibility index (Phi) is 2.94. The number of hydrogen-bond acceptors (Lipinski definition) is 1. The van der Waals surface area contributed by atoms with Crippen LogP contribution in [-0.2, 0) is 0 Å². The molecule has 0 radical (unpaired) electrons. The number of nitrogens with one attached hydrogen (secondary N) is 1. The Bertz CT molecular complexity index is 264. The van der Waals surface area contributed by atoms with Crippen LogP contribution < -0.4 is 4.74 Å². The Balaban J connectivity index is 2.69. The second-order valence-corrected chi connectivity index (χ2v) is 3.85. The van der Waals surface area contributed by atoms with Gasteiger partial charge in [-0.3, -0.25) is 0 Å². The van der Waals surface area contributed by atoms with Crippen LogP contribution in [0.2, 0.25) is 0 Å². The Morgan fingerprint density at radius 3 is 2.23 bits per heavy atom. The average Bonchev–Trinajstić information content (AvgIpc) is 2.09. The molecule has 0 saturated heterocycles. The van der Waals surface area contributed by atoms with Gasteiger partial charge in [0.25, 0.3) is 0 Å². The quantitative estimate of drug-likeness (QED) is 0.699. The van der Waals surface area contributed by atoms with E-state index in [4.69, 9.17) is 10.5 Å². The van der Waals surface area contributed by atoms with Crippen LogP contribution in [0.1, 0.15) is 19.4 Å². The lowest BCUT2D eigenvalue weighted by atomic mass is 10.1. The molecule has 0 bridgehead atoms. The van der Waals surface area contributed by atoms with Gasteiger partial charge < -0.3 is 10.5 Å². The summed E-state index contributed by atoms with van der Waals surface area (Å²) in [6.07, 6.45) is 0. The predicted molar refractivity (Wildman–Crippen MR) is 55.1 cm³/mol. The molecular weight excluding hydrogens is 162 g/mol. The van der Waals surface area contributed by atoms with Gasteiger partial charge in [0.15, 0.2) is 0 Å². The molecule has 0 aliphatic rings. The first kappa shape index (κ1) is 10.1. The van der Waals surface area contributed by atoms with E-state index in [-0.39, 0.29) is 6.54 Å². The van der Waals surface area contributed by atoms with E-state index in [0.29, 0.717) is 0 Å². The normalized spacial score (nSPS) is 11.4. The molecule has 0 heterocycles. The summed E-state index contributed by atoms with van der Waals surface area (Å²) in [7, 11) is 0. The van der Waals surface area contributed by atoms with Crippen LogP contribution in [0.25, 0.3) is 5.73 Å². The van der Waals surface area contributed by atoms with Crippen molar-refractivity contribution in [1.29, 1.82) is 0 Å². The minimum absolute atomic E-state index is 0.265. The van der Waals surface area contributed by atoms with E-state index in [1.54, 1.807) is 0 Å². The number of aryl methyl sites for hydroxylation is 1. The molecule has 0 fully saturated rings. The van der Waals surface area contributed by atoms with Gasteiger partial charge in [-0.05, 0) is 32.9 Å². The third kappa shape index (κ3) is 3.07. The predicted octanol–water partition coefficient (Wildman–Crippen LogP) is 3.20. The van der Waals surface area contributed by atoms with Gasteiger partial charge in [-0.2, -0.15) is 0 Å². The molecule has 1 aromatic rings. The number of benzene rings is 1. The number of ether oxygens (including phenoxy) is 1. The van der Waals surface area contributed by atoms with Crippen LogP contribution in [-0.4, -0.2) is 12.1 Å². The minimum Gasteiger partial charge on any atom is -0.674 e. The third-order valence-corrected chi connectivity index (χ3v) is 1.84. The zero-order valence-electron chi connectivity index (χ0n) is 8.42. The maximum Gasteiger partial charge on any atom is 0.120 e. The Hall–Kier alpha value is -1.02. The molecule has 13 heavy (non-hydrogen) atoms. The van der Waals surface area contributed by atoms with Gasteiger partial charge in [-0.1, -0.05) is 17.7 Å². The molecule has 2 heteroatoms. The van der Waals surface area contributed by atoms with Crippen molar-refractivity contribution in [1.82, 2.24) is 0 Å². The smallest absolute Gasteiger partial charge is 0.120 e. The lowest BCUT2D eigenvalue weighted by Crippen LogP contribution is -2.30. The molecule has 0 amide bonds. The molecule has 1 aromatic carbocycles. The maximum atomic E-state index is 7.27. The Morgan fingerprint density at radius 2 is 1.77 bits per heavy atom. The first-order chi connectivity index (χ1) is 6.03. The summed E-state index contributed by atoms with van der Waals surface area (Å²) >= 11 is 0. The van der Waals surface area contributed by atoms with Crippen molar-refractivity contribution in [2.45, 2.75) is 26.4 Å². The fourth-order valence-electron chi connectivity index (χ4n) is 0.961. The Labute approximate surface area is 79.7 Å². The summed E-state index contributed by atoms with van der Waals surface area (Å²) in [6.45, 7) is 6.14. The highest BCUT2D eigenvalue weighted by atomic mass is 16.5. The van der Waals surface area contributed by atoms with Gasteiger partial charge in [-0.25, -0.2) is 0 Å². The second-order valence-electron chi connectivity index (χ2n) is 3.85. The maximum absolute atomic E-state index is 7.27. The molecule has 0 aliphatic heterocycles. The first-order valence-corrected chi connectivity index (χ1v) is 4.44. The summed E-state index contributed by atoms with van der Waals surface area (Å²) in [5, 5.41) is 0. The molecule has 72 valence electrons. The standard InChI is InChI=1S/C11H16NO/c1-9-4-6-10(7-5-9)13-11(2,3)8-12/h4-7,12H,8H2,1-3H3/q-1. The number of rotatable bonds is 3. The fraction of sp³-hybridized carbons (Fsp3) is 0.455. The van der Waals surface area contributed by atoms with E-state index in [9.17, 15) is 0 Å². The topological polar surface area (TPSA) is 33.0 Å². The molecule has 1 N–H and O–H groups in total. The van der Waals surface area contributed by atoms with Crippen molar-refractivity contribution >= 4 is 0 Å². The fourth-order valence-corrected chi connectivity index (χ4v) is 0.961. The van der Waals surface area contributed by atoms with Crippen molar-refractivity contribution in [3.63, 3.8) is 0 Å². The lowest BCUT2D eigenvalue weighted by Gasteiger charge is -2.28. The molecule has 1 rings (SSSR count). The van der Waals surface area contributed by atoms with Gasteiger partial charge in [-0.15, -0.1) is 6.54 Å². The summed E-state index contributed by atoms with van der Waals surface area (Å²) in [5.41, 5.74) is 8.10. The summed E-state index contributed by atoms with van der Waals surface area (Å²) in [5.74, 6) is 0.836. The van der Waals surface area contributed by atoms with E-state index in [1.165, 1.54) is 5.56 Å². The van der Waals surface area contributed by atoms with Crippen LogP contribution in [0.4, 0.5) is 0 Å². The van der Waals surface area contributed by atoms with E-state index in [1.807, 2.05) is 45.0 Å². The minimum atomic E-state index is -0.394. The highest BCUT2D eigenvalue weighted by molar-refractivity contribution is 5.26. The monoisotopic (exact) mass is 178 g/mol. The van der Waals surface area contributed by atoms with Crippen molar-refractivity contribution in [2.75, 3.05) is 6.54 Å². The van der Waals surface area contributed by atoms with E-state index in [0.717, 1.165) is 5.75 Å². The third-order valence-electron chi connectivity index (χ3n) is 1.84. The van der Waals surface area contributed by atoms with Crippen LogP contribution in [0, 0.1) is 6.92 Å². The van der Waals surface area contributed by atoms with Gasteiger partial charge in [0.2, 0.25) is 0 Å².